The van der Waals surface area contributed by atoms with E-state index in [0.29, 0.717) is 5.56 Å². The van der Waals surface area contributed by atoms with Crippen molar-refractivity contribution in [3.8, 4) is 22.3 Å². The second-order valence-electron chi connectivity index (χ2n) is 10.2. The fraction of sp³-hybridized carbons (Fsp3) is 0. The molecule has 0 saturated carbocycles. The van der Waals surface area contributed by atoms with Gasteiger partial charge in [-0.3, -0.25) is 0 Å². The Morgan fingerprint density at radius 1 is 0.419 bits per heavy atom. The van der Waals surface area contributed by atoms with Crippen LogP contribution in [0.2, 0.25) is 0 Å². The molecule has 0 unspecified atom stereocenters. The van der Waals surface area contributed by atoms with E-state index in [-0.39, 0.29) is 45.5 Å². The minimum atomic E-state index is -0.617. The number of fused-ring (bicyclic) bond motifs is 3. The first-order chi connectivity index (χ1) is 25.9. The molecule has 0 aliphatic carbocycles. The predicted octanol–water partition coefficient (Wildman–Crippen LogP) is 11.9. The smallest absolute Gasteiger partial charge is 0.0651 e. The molecule has 0 saturated heterocycles. The van der Waals surface area contributed by atoms with Gasteiger partial charge in [0.15, 0.2) is 0 Å². The molecule has 43 heavy (non-hydrogen) atoms. The van der Waals surface area contributed by atoms with Gasteiger partial charge in [0.05, 0.1) is 20.8 Å². The van der Waals surface area contributed by atoms with E-state index in [9.17, 15) is 4.11 Å². The molecule has 0 aliphatic heterocycles. The number of benzene rings is 8. The van der Waals surface area contributed by atoms with Gasteiger partial charge in [0.1, 0.15) is 0 Å². The summed E-state index contributed by atoms with van der Waals surface area (Å²) in [5.74, 6) is 0. The first kappa shape index (κ1) is 16.1. The Hall–Kier alpha value is -5.66. The van der Waals surface area contributed by atoms with Crippen molar-refractivity contribution >= 4 is 49.4 Å². The molecule has 8 aromatic carbocycles. The van der Waals surface area contributed by atoms with Crippen molar-refractivity contribution in [2.75, 3.05) is 4.90 Å². The summed E-state index contributed by atoms with van der Waals surface area (Å²) in [6, 6.07) is 28.1. The maximum atomic E-state index is 9.65. The zero-order valence-corrected chi connectivity index (χ0v) is 22.8. The third kappa shape index (κ3) is 4.62. The van der Waals surface area contributed by atoms with Gasteiger partial charge >= 0.3 is 0 Å². The van der Waals surface area contributed by atoms with Crippen LogP contribution in [-0.4, -0.2) is 0 Å². The standard InChI is InChI=1S/C42H29N/c1-2-13-34-28-36(23-22-30(34)10-1)35-16-7-17-38(29-35)43(42-21-9-15-32-12-4-6-19-41(32)42)37-26-24-33(25-27-37)40-20-8-14-31-11-3-5-18-39(31)40/h1-29H/i4D,6D,7D,9D,12D,15D,16D,17D,19D,21D,29D. The number of hydrogen-bond acceptors (Lipinski definition) is 1. The summed E-state index contributed by atoms with van der Waals surface area (Å²) in [6.07, 6.45) is 0. The van der Waals surface area contributed by atoms with Crippen LogP contribution >= 0.6 is 0 Å². The van der Waals surface area contributed by atoms with Crippen LogP contribution in [-0.2, 0) is 0 Å². The van der Waals surface area contributed by atoms with Crippen LogP contribution < -0.4 is 4.90 Å². The van der Waals surface area contributed by atoms with E-state index in [0.717, 1.165) is 32.7 Å². The van der Waals surface area contributed by atoms with E-state index in [1.54, 1.807) is 24.3 Å². The summed E-state index contributed by atoms with van der Waals surface area (Å²) in [5, 5.41) is 3.28. The molecular formula is C42H29N. The summed E-state index contributed by atoms with van der Waals surface area (Å²) >= 11 is 0. The largest absolute Gasteiger partial charge is 0.310 e. The molecule has 0 bridgehead atoms. The zero-order chi connectivity index (χ0) is 38.2. The van der Waals surface area contributed by atoms with Gasteiger partial charge < -0.3 is 4.90 Å². The second kappa shape index (κ2) is 10.6. The number of hydrogen-bond donors (Lipinski definition) is 0. The fourth-order valence-corrected chi connectivity index (χ4v) is 5.54. The van der Waals surface area contributed by atoms with Crippen molar-refractivity contribution in [3.63, 3.8) is 0 Å². The Balaban J connectivity index is 1.48. The van der Waals surface area contributed by atoms with Crippen LogP contribution in [0, 0.1) is 0 Å². The van der Waals surface area contributed by atoms with E-state index in [4.69, 9.17) is 11.0 Å². The first-order valence-electron chi connectivity index (χ1n) is 19.4. The topological polar surface area (TPSA) is 3.24 Å². The molecule has 0 fully saturated rings. The lowest BCUT2D eigenvalue weighted by Crippen LogP contribution is -2.10. The summed E-state index contributed by atoms with van der Waals surface area (Å²) in [6.45, 7) is 0. The lowest BCUT2D eigenvalue weighted by molar-refractivity contribution is 1.30. The van der Waals surface area contributed by atoms with E-state index >= 15 is 0 Å². The molecule has 0 spiro atoms. The Bertz CT molecular complexity index is 2840. The SMILES string of the molecule is [2H]c1c([2H])c(-c2ccc3ccccc3c2)c([2H])c(N(c2ccc(-c3cccc4ccccc34)cc2)c2c([2H])c([2H])c([2H])c3c([2H])c([2H])c([2H])c([2H])c23)c1[2H]. The van der Waals surface area contributed by atoms with Gasteiger partial charge in [-0.2, -0.15) is 0 Å². The average molecular weight is 559 g/mol. The van der Waals surface area contributed by atoms with E-state index in [1.807, 2.05) is 84.9 Å². The van der Waals surface area contributed by atoms with Crippen molar-refractivity contribution < 1.29 is 15.1 Å². The Kier molecular flexibility index (Phi) is 3.98. The van der Waals surface area contributed by atoms with Crippen molar-refractivity contribution in [2.24, 2.45) is 0 Å². The fourth-order valence-electron chi connectivity index (χ4n) is 5.54. The minimum absolute atomic E-state index is 0.0510. The zero-order valence-electron chi connectivity index (χ0n) is 33.8. The molecule has 0 N–H and O–H groups in total. The summed E-state index contributed by atoms with van der Waals surface area (Å²) in [5.41, 5.74) is 2.05. The van der Waals surface area contributed by atoms with Gasteiger partial charge in [0, 0.05) is 16.8 Å². The number of anilines is 3. The number of rotatable bonds is 5. The maximum Gasteiger partial charge on any atom is 0.0651 e. The van der Waals surface area contributed by atoms with Crippen LogP contribution in [0.1, 0.15) is 15.1 Å². The monoisotopic (exact) mass is 558 g/mol. The van der Waals surface area contributed by atoms with Gasteiger partial charge in [-0.1, -0.05) is 139 Å². The summed E-state index contributed by atoms with van der Waals surface area (Å²) < 4.78 is 98.3. The normalized spacial score (nSPS) is 14.8. The molecule has 0 aliphatic rings. The van der Waals surface area contributed by atoms with Gasteiger partial charge in [-0.05, 0) is 85.5 Å². The van der Waals surface area contributed by atoms with Crippen LogP contribution in [0.15, 0.2) is 176 Å². The van der Waals surface area contributed by atoms with E-state index in [2.05, 4.69) is 0 Å². The molecule has 0 atom stereocenters. The third-order valence-corrected chi connectivity index (χ3v) is 7.62. The van der Waals surface area contributed by atoms with Crippen LogP contribution in [0.5, 0.6) is 0 Å². The van der Waals surface area contributed by atoms with Crippen LogP contribution in [0.3, 0.4) is 0 Å². The Morgan fingerprint density at radius 2 is 1.14 bits per heavy atom. The molecular weight excluding hydrogens is 518 g/mol. The van der Waals surface area contributed by atoms with Gasteiger partial charge in [0.2, 0.25) is 0 Å². The lowest BCUT2D eigenvalue weighted by Gasteiger charge is -2.27. The highest BCUT2D eigenvalue weighted by Crippen LogP contribution is 2.41. The maximum absolute atomic E-state index is 9.65. The highest BCUT2D eigenvalue weighted by atomic mass is 15.1. The summed E-state index contributed by atoms with van der Waals surface area (Å²) in [4.78, 5) is 1.31. The summed E-state index contributed by atoms with van der Waals surface area (Å²) in [7, 11) is 0. The number of nitrogens with zero attached hydrogens (tertiary/aromatic N) is 1. The molecule has 0 aromatic heterocycles. The van der Waals surface area contributed by atoms with E-state index < -0.39 is 54.4 Å². The molecule has 8 rings (SSSR count). The second-order valence-corrected chi connectivity index (χ2v) is 10.2. The van der Waals surface area contributed by atoms with Crippen molar-refractivity contribution in [2.45, 2.75) is 0 Å². The molecule has 202 valence electrons. The van der Waals surface area contributed by atoms with Crippen molar-refractivity contribution in [1.29, 1.82) is 0 Å². The average Bonchev–Trinajstić information content (AvgIpc) is 3.19. The van der Waals surface area contributed by atoms with Gasteiger partial charge in [0.25, 0.3) is 0 Å². The lowest BCUT2D eigenvalue weighted by atomic mass is 9.97. The first-order valence-corrected chi connectivity index (χ1v) is 13.9. The molecule has 0 amide bonds. The third-order valence-electron chi connectivity index (χ3n) is 7.62. The van der Waals surface area contributed by atoms with Crippen LogP contribution in [0.25, 0.3) is 54.6 Å². The Morgan fingerprint density at radius 3 is 2.05 bits per heavy atom. The van der Waals surface area contributed by atoms with Crippen molar-refractivity contribution in [1.82, 2.24) is 0 Å². The van der Waals surface area contributed by atoms with Gasteiger partial charge in [-0.25, -0.2) is 0 Å². The van der Waals surface area contributed by atoms with Gasteiger partial charge in [-0.15, -0.1) is 0 Å². The van der Waals surface area contributed by atoms with Crippen molar-refractivity contribution in [3.05, 3.63) is 176 Å². The minimum Gasteiger partial charge on any atom is -0.310 e. The Labute approximate surface area is 267 Å². The molecule has 8 aromatic rings. The van der Waals surface area contributed by atoms with Crippen LogP contribution in [0.4, 0.5) is 17.1 Å². The highest BCUT2D eigenvalue weighted by Gasteiger charge is 2.16. The predicted molar refractivity (Wildman–Crippen MR) is 185 cm³/mol. The van der Waals surface area contributed by atoms with E-state index in [1.165, 1.54) is 4.90 Å². The quantitative estimate of drug-likeness (QED) is 0.203. The molecule has 1 nitrogen and oxygen atoms in total. The molecule has 1 heteroatoms. The highest BCUT2D eigenvalue weighted by molar-refractivity contribution is 6.00. The molecule has 0 radical (unpaired) electrons. The molecule has 0 heterocycles.